The quantitative estimate of drug-likeness (QED) is 0.108. The molecular formula is C32H46N6O6S. The van der Waals surface area contributed by atoms with E-state index in [0.29, 0.717) is 48.9 Å². The molecule has 0 unspecified atom stereocenters. The molecule has 0 aromatic heterocycles. The van der Waals surface area contributed by atoms with Crippen LogP contribution < -0.4 is 25.4 Å². The Balaban J connectivity index is 1.63. The number of aliphatic imine (C=N–C) groups is 1. The summed E-state index contributed by atoms with van der Waals surface area (Å²) in [6, 6.07) is 13.9. The summed E-state index contributed by atoms with van der Waals surface area (Å²) in [4.78, 5) is 28.3. The molecule has 13 heteroatoms. The van der Waals surface area contributed by atoms with Crippen LogP contribution in [0, 0.1) is 10.8 Å². The molecule has 0 atom stereocenters. The lowest BCUT2D eigenvalue weighted by atomic mass is 10.2. The number of rotatable bonds is 12. The predicted molar refractivity (Wildman–Crippen MR) is 179 cm³/mol. The van der Waals surface area contributed by atoms with Crippen LogP contribution in [0.2, 0.25) is 0 Å². The molecule has 0 bridgehead atoms. The monoisotopic (exact) mass is 642 g/mol. The van der Waals surface area contributed by atoms with Gasteiger partial charge < -0.3 is 24.3 Å². The van der Waals surface area contributed by atoms with E-state index in [1.165, 1.54) is 0 Å². The maximum absolute atomic E-state index is 11.9. The Morgan fingerprint density at radius 1 is 0.733 bits per heavy atom. The van der Waals surface area contributed by atoms with E-state index in [1.807, 2.05) is 6.26 Å². The molecule has 5 N–H and O–H groups in total. The second-order valence-electron chi connectivity index (χ2n) is 11.8. The highest BCUT2D eigenvalue weighted by Crippen LogP contribution is 2.15. The maximum Gasteiger partial charge on any atom is 0.413 e. The van der Waals surface area contributed by atoms with Crippen molar-refractivity contribution in [2.24, 2.45) is 4.99 Å². The van der Waals surface area contributed by atoms with Crippen LogP contribution in [0.25, 0.3) is 0 Å². The van der Waals surface area contributed by atoms with E-state index in [-0.39, 0.29) is 11.7 Å². The van der Waals surface area contributed by atoms with Crippen LogP contribution in [0.5, 0.6) is 11.5 Å². The lowest BCUT2D eigenvalue weighted by Gasteiger charge is -2.19. The fourth-order valence-corrected chi connectivity index (χ4v) is 3.94. The van der Waals surface area contributed by atoms with Crippen molar-refractivity contribution in [3.63, 3.8) is 0 Å². The maximum atomic E-state index is 11.9. The van der Waals surface area contributed by atoms with Gasteiger partial charge in [0.2, 0.25) is 0 Å². The molecule has 0 aliphatic carbocycles. The Morgan fingerprint density at radius 3 is 1.56 bits per heavy atom. The molecule has 246 valence electrons. The van der Waals surface area contributed by atoms with Crippen molar-refractivity contribution in [1.82, 2.24) is 16.0 Å². The summed E-state index contributed by atoms with van der Waals surface area (Å²) in [6.07, 6.45) is 2.12. The molecule has 12 nitrogen and oxygen atoms in total. The molecule has 0 fully saturated rings. The van der Waals surface area contributed by atoms with Crippen molar-refractivity contribution >= 4 is 40.8 Å². The Morgan fingerprint density at radius 2 is 1.16 bits per heavy atom. The van der Waals surface area contributed by atoms with E-state index in [0.717, 1.165) is 18.0 Å². The van der Waals surface area contributed by atoms with E-state index >= 15 is 0 Å². The van der Waals surface area contributed by atoms with E-state index in [4.69, 9.17) is 29.8 Å². The second kappa shape index (κ2) is 17.9. The minimum atomic E-state index is -0.668. The van der Waals surface area contributed by atoms with Crippen molar-refractivity contribution in [1.29, 1.82) is 10.8 Å². The van der Waals surface area contributed by atoms with Gasteiger partial charge >= 0.3 is 12.2 Å². The molecular weight excluding hydrogens is 596 g/mol. The zero-order valence-electron chi connectivity index (χ0n) is 27.2. The topological polar surface area (TPSA) is 167 Å². The first-order valence-electron chi connectivity index (χ1n) is 14.6. The number of amidine groups is 3. The highest BCUT2D eigenvalue weighted by molar-refractivity contribution is 8.13. The molecule has 0 spiro atoms. The zero-order valence-corrected chi connectivity index (χ0v) is 28.0. The third-order valence-corrected chi connectivity index (χ3v) is 6.08. The largest absolute Gasteiger partial charge is 0.494 e. The summed E-state index contributed by atoms with van der Waals surface area (Å²) in [5.41, 5.74) is -0.180. The highest BCUT2D eigenvalue weighted by Gasteiger charge is 2.18. The number of thioether (sulfide) groups is 1. The number of carbonyl (C=O) groups is 2. The van der Waals surface area contributed by atoms with Crippen molar-refractivity contribution in [2.75, 3.05) is 32.6 Å². The third-order valence-electron chi connectivity index (χ3n) is 5.42. The van der Waals surface area contributed by atoms with Gasteiger partial charge in [-0.1, -0.05) is 11.8 Å². The number of hydrogen-bond acceptors (Lipinski definition) is 10. The molecule has 0 radical (unpaired) electrons. The third kappa shape index (κ3) is 15.9. The number of carbonyl (C=O) groups excluding carboxylic acids is 2. The average Bonchev–Trinajstić information content (AvgIpc) is 2.94. The fraction of sp³-hybridized carbons (Fsp3) is 0.469. The lowest BCUT2D eigenvalue weighted by molar-refractivity contribution is 0.0551. The van der Waals surface area contributed by atoms with Gasteiger partial charge in [0.25, 0.3) is 0 Å². The van der Waals surface area contributed by atoms with Gasteiger partial charge in [0.1, 0.15) is 34.4 Å². The van der Waals surface area contributed by atoms with E-state index in [2.05, 4.69) is 20.9 Å². The Hall–Kier alpha value is -4.26. The zero-order chi connectivity index (χ0) is 33.5. The highest BCUT2D eigenvalue weighted by atomic mass is 32.2. The van der Waals surface area contributed by atoms with E-state index in [9.17, 15) is 9.59 Å². The summed E-state index contributed by atoms with van der Waals surface area (Å²) >= 11 is 1.54. The first-order chi connectivity index (χ1) is 21.1. The van der Waals surface area contributed by atoms with Crippen molar-refractivity contribution < 1.29 is 28.5 Å². The Labute approximate surface area is 270 Å². The number of benzene rings is 2. The molecule has 2 amide bonds. The minimum Gasteiger partial charge on any atom is -0.494 e. The number of ether oxygens (including phenoxy) is 4. The summed E-state index contributed by atoms with van der Waals surface area (Å²) in [7, 11) is 0. The van der Waals surface area contributed by atoms with Gasteiger partial charge in [0.05, 0.1) is 13.2 Å². The standard InChI is InChI=1S/C32H46N6O6S/c1-31(2,3)43-29(39)37-26(33)22-10-14-24(15-11-22)41-20-8-18-35-28(45-7)36-19-9-21-42-25-16-12-23(13-17-25)27(34)38-30(40)44-32(4,5)6/h10-17H,8-9,18-21H2,1-7H3,(H,35,36)(H2,33,37,39)(H2,34,38,40). The molecule has 2 aromatic rings. The Bertz CT molecular complexity index is 1300. The first kappa shape index (κ1) is 36.9. The summed E-state index contributed by atoms with van der Waals surface area (Å²) < 4.78 is 21.9. The van der Waals surface area contributed by atoms with Crippen LogP contribution in [-0.2, 0) is 9.47 Å². The van der Waals surface area contributed by atoms with Crippen LogP contribution in [0.15, 0.2) is 53.5 Å². The smallest absolute Gasteiger partial charge is 0.413 e. The van der Waals surface area contributed by atoms with Gasteiger partial charge in [-0.05, 0) is 103 Å². The van der Waals surface area contributed by atoms with Gasteiger partial charge in [-0.15, -0.1) is 0 Å². The molecule has 0 saturated heterocycles. The van der Waals surface area contributed by atoms with Crippen LogP contribution in [0.4, 0.5) is 9.59 Å². The second-order valence-corrected chi connectivity index (χ2v) is 12.6. The van der Waals surface area contributed by atoms with Crippen LogP contribution in [0.3, 0.4) is 0 Å². The van der Waals surface area contributed by atoms with Gasteiger partial charge in [0.15, 0.2) is 5.17 Å². The van der Waals surface area contributed by atoms with Crippen LogP contribution >= 0.6 is 11.8 Å². The summed E-state index contributed by atoms with van der Waals surface area (Å²) in [5, 5.41) is 25.1. The van der Waals surface area contributed by atoms with Gasteiger partial charge in [-0.3, -0.25) is 26.4 Å². The fourth-order valence-electron chi connectivity index (χ4n) is 3.48. The molecule has 2 aromatic carbocycles. The number of amides is 2. The SMILES string of the molecule is CS/C(=N\CCCOc1ccc(C(=N)NC(=O)OC(C)(C)C)cc1)NCCCOc1ccc(C(=N)NC(=O)OC(C)(C)C)cc1. The van der Waals surface area contributed by atoms with Crippen LogP contribution in [-0.4, -0.2) is 72.8 Å². The molecule has 0 heterocycles. The molecule has 2 rings (SSSR count). The van der Waals surface area contributed by atoms with Crippen LogP contribution in [0.1, 0.15) is 65.5 Å². The first-order valence-corrected chi connectivity index (χ1v) is 15.8. The van der Waals surface area contributed by atoms with E-state index in [1.54, 1.807) is 102 Å². The number of nitrogens with one attached hydrogen (secondary N) is 5. The predicted octanol–water partition coefficient (Wildman–Crippen LogP) is 5.93. The normalized spacial score (nSPS) is 11.7. The van der Waals surface area contributed by atoms with Crippen molar-refractivity contribution in [3.05, 3.63) is 59.7 Å². The number of alkyl carbamates (subject to hydrolysis) is 2. The average molecular weight is 643 g/mol. The lowest BCUT2D eigenvalue weighted by Crippen LogP contribution is -2.36. The van der Waals surface area contributed by atoms with Gasteiger partial charge in [-0.25, -0.2) is 9.59 Å². The van der Waals surface area contributed by atoms with Gasteiger partial charge in [0, 0.05) is 30.6 Å². The van der Waals surface area contributed by atoms with Crippen molar-refractivity contribution in [2.45, 2.75) is 65.6 Å². The molecule has 0 saturated carbocycles. The minimum absolute atomic E-state index is 0.0437. The molecule has 0 aliphatic heterocycles. The molecule has 0 aliphatic rings. The molecule has 45 heavy (non-hydrogen) atoms. The summed E-state index contributed by atoms with van der Waals surface area (Å²) in [5.74, 6) is 1.25. The number of nitrogens with zero attached hydrogens (tertiary/aromatic N) is 1. The van der Waals surface area contributed by atoms with E-state index < -0.39 is 23.4 Å². The van der Waals surface area contributed by atoms with Crippen molar-refractivity contribution in [3.8, 4) is 11.5 Å². The number of hydrogen-bond donors (Lipinski definition) is 5. The summed E-state index contributed by atoms with van der Waals surface area (Å²) in [6.45, 7) is 12.9. The van der Waals surface area contributed by atoms with Gasteiger partial charge in [-0.2, -0.15) is 0 Å². The Kier molecular flexibility index (Phi) is 14.7.